The quantitative estimate of drug-likeness (QED) is 0.879. The lowest BCUT2D eigenvalue weighted by molar-refractivity contribution is -0.141. The van der Waals surface area contributed by atoms with E-state index in [0.29, 0.717) is 4.47 Å². The second kappa shape index (κ2) is 5.63. The maximum absolute atomic E-state index is 13.1. The Balaban J connectivity index is 3.52. The number of hydrogen-bond donors (Lipinski definition) is 1. The van der Waals surface area contributed by atoms with Gasteiger partial charge in [-0.2, -0.15) is 13.2 Å². The molecule has 0 unspecified atom stereocenters. The SMILES string of the molecule is COc1cc(C(F)(F)F)c(C(C)(C)CC(=O)O)cc1Br. The van der Waals surface area contributed by atoms with Crippen molar-refractivity contribution in [1.82, 2.24) is 0 Å². The van der Waals surface area contributed by atoms with E-state index < -0.39 is 29.5 Å². The first-order chi connectivity index (χ1) is 8.99. The van der Waals surface area contributed by atoms with Crippen molar-refractivity contribution < 1.29 is 27.8 Å². The molecule has 0 aromatic heterocycles. The summed E-state index contributed by atoms with van der Waals surface area (Å²) >= 11 is 3.13. The molecule has 0 aliphatic rings. The Morgan fingerprint density at radius 2 is 1.85 bits per heavy atom. The number of rotatable bonds is 4. The minimum Gasteiger partial charge on any atom is -0.496 e. The standard InChI is InChI=1S/C13H14BrF3O3/c1-12(2,6-11(18)19)7-4-9(14)10(20-3)5-8(7)13(15,16)17/h4-5H,6H2,1-3H3,(H,18,19). The van der Waals surface area contributed by atoms with E-state index in [4.69, 9.17) is 9.84 Å². The van der Waals surface area contributed by atoms with E-state index in [9.17, 15) is 18.0 Å². The van der Waals surface area contributed by atoms with Crippen molar-refractivity contribution in [3.63, 3.8) is 0 Å². The monoisotopic (exact) mass is 354 g/mol. The number of ether oxygens (including phenoxy) is 1. The lowest BCUT2D eigenvalue weighted by atomic mass is 9.79. The van der Waals surface area contributed by atoms with Crippen LogP contribution in [0.15, 0.2) is 16.6 Å². The van der Waals surface area contributed by atoms with Crippen LogP contribution in [0.25, 0.3) is 0 Å². The molecular weight excluding hydrogens is 341 g/mol. The maximum atomic E-state index is 13.1. The number of carboxylic acid groups (broad SMARTS) is 1. The summed E-state index contributed by atoms with van der Waals surface area (Å²) in [5, 5.41) is 8.86. The van der Waals surface area contributed by atoms with Crippen LogP contribution in [-0.2, 0) is 16.4 Å². The molecule has 7 heteroatoms. The van der Waals surface area contributed by atoms with E-state index in [1.807, 2.05) is 0 Å². The van der Waals surface area contributed by atoms with Crippen molar-refractivity contribution in [1.29, 1.82) is 0 Å². The zero-order chi connectivity index (χ0) is 15.7. The smallest absolute Gasteiger partial charge is 0.416 e. The molecule has 1 N–H and O–H groups in total. The zero-order valence-corrected chi connectivity index (χ0v) is 12.7. The topological polar surface area (TPSA) is 46.5 Å². The first-order valence-electron chi connectivity index (χ1n) is 5.66. The van der Waals surface area contributed by atoms with Gasteiger partial charge in [0.15, 0.2) is 0 Å². The fourth-order valence-corrected chi connectivity index (χ4v) is 2.48. The fourth-order valence-electron chi connectivity index (χ4n) is 1.98. The molecule has 112 valence electrons. The molecule has 0 heterocycles. The largest absolute Gasteiger partial charge is 0.496 e. The number of methoxy groups -OCH3 is 1. The predicted molar refractivity (Wildman–Crippen MR) is 71.0 cm³/mol. The average Bonchev–Trinajstić information content (AvgIpc) is 2.25. The number of hydrogen-bond acceptors (Lipinski definition) is 2. The first kappa shape index (κ1) is 16.8. The Bertz CT molecular complexity index is 524. The van der Waals surface area contributed by atoms with E-state index in [0.717, 1.165) is 6.07 Å². The van der Waals surface area contributed by atoms with Crippen molar-refractivity contribution in [3.8, 4) is 5.75 Å². The van der Waals surface area contributed by atoms with Gasteiger partial charge in [-0.25, -0.2) is 0 Å². The van der Waals surface area contributed by atoms with E-state index in [-0.39, 0.29) is 11.3 Å². The van der Waals surface area contributed by atoms with Crippen molar-refractivity contribution in [2.75, 3.05) is 7.11 Å². The van der Waals surface area contributed by atoms with Crippen molar-refractivity contribution >= 4 is 21.9 Å². The predicted octanol–water partition coefficient (Wildman–Crippen LogP) is 4.23. The molecule has 0 saturated heterocycles. The molecule has 0 radical (unpaired) electrons. The Morgan fingerprint density at radius 1 is 1.30 bits per heavy atom. The normalized spacial score (nSPS) is 12.3. The van der Waals surface area contributed by atoms with Gasteiger partial charge in [-0.1, -0.05) is 13.8 Å². The molecule has 0 aliphatic carbocycles. The molecule has 1 aromatic carbocycles. The van der Waals surface area contributed by atoms with Gasteiger partial charge < -0.3 is 9.84 Å². The van der Waals surface area contributed by atoms with Gasteiger partial charge in [0.2, 0.25) is 0 Å². The van der Waals surface area contributed by atoms with Gasteiger partial charge in [0.25, 0.3) is 0 Å². The second-order valence-electron chi connectivity index (χ2n) is 4.98. The van der Waals surface area contributed by atoms with Crippen LogP contribution in [0.1, 0.15) is 31.4 Å². The number of carbonyl (C=O) groups is 1. The highest BCUT2D eigenvalue weighted by atomic mass is 79.9. The Kier molecular flexibility index (Phi) is 4.74. The second-order valence-corrected chi connectivity index (χ2v) is 5.84. The van der Waals surface area contributed by atoms with Crippen LogP contribution in [0.5, 0.6) is 5.75 Å². The fraction of sp³-hybridized carbons (Fsp3) is 0.462. The lowest BCUT2D eigenvalue weighted by Crippen LogP contribution is -2.26. The van der Waals surface area contributed by atoms with Gasteiger partial charge in [0, 0.05) is 5.41 Å². The molecule has 0 saturated carbocycles. The van der Waals surface area contributed by atoms with E-state index in [1.54, 1.807) is 0 Å². The third kappa shape index (κ3) is 3.65. The highest BCUT2D eigenvalue weighted by Crippen LogP contribution is 2.43. The van der Waals surface area contributed by atoms with Crippen LogP contribution in [0, 0.1) is 0 Å². The van der Waals surface area contributed by atoms with Crippen molar-refractivity contribution in [3.05, 3.63) is 27.7 Å². The summed E-state index contributed by atoms with van der Waals surface area (Å²) in [5.41, 5.74) is -2.13. The molecule has 0 amide bonds. The number of alkyl halides is 3. The molecule has 20 heavy (non-hydrogen) atoms. The molecule has 0 atom stereocenters. The minimum atomic E-state index is -4.58. The van der Waals surface area contributed by atoms with Gasteiger partial charge in [-0.15, -0.1) is 0 Å². The summed E-state index contributed by atoms with van der Waals surface area (Å²) in [4.78, 5) is 10.8. The summed E-state index contributed by atoms with van der Waals surface area (Å²) in [7, 11) is 1.27. The average molecular weight is 355 g/mol. The van der Waals surface area contributed by atoms with Crippen molar-refractivity contribution in [2.45, 2.75) is 31.9 Å². The molecule has 1 rings (SSSR count). The summed E-state index contributed by atoms with van der Waals surface area (Å²) in [6, 6.07) is 2.15. The number of carboxylic acids is 1. The molecule has 0 aliphatic heterocycles. The zero-order valence-electron chi connectivity index (χ0n) is 11.1. The van der Waals surface area contributed by atoms with Gasteiger partial charge in [0.05, 0.1) is 23.6 Å². The number of aliphatic carboxylic acids is 1. The molecule has 3 nitrogen and oxygen atoms in total. The van der Waals surface area contributed by atoms with Crippen LogP contribution >= 0.6 is 15.9 Å². The summed E-state index contributed by atoms with van der Waals surface area (Å²) in [6.45, 7) is 2.93. The Labute approximate surface area is 122 Å². The lowest BCUT2D eigenvalue weighted by Gasteiger charge is -2.28. The molecule has 1 aromatic rings. The molecule has 0 bridgehead atoms. The summed E-state index contributed by atoms with van der Waals surface area (Å²) in [5.74, 6) is -1.11. The maximum Gasteiger partial charge on any atom is 0.416 e. The van der Waals surface area contributed by atoms with E-state index >= 15 is 0 Å². The number of benzene rings is 1. The Morgan fingerprint density at radius 3 is 2.25 bits per heavy atom. The van der Waals surface area contributed by atoms with Crippen LogP contribution < -0.4 is 4.74 Å². The first-order valence-corrected chi connectivity index (χ1v) is 6.45. The molecular formula is C13H14BrF3O3. The van der Waals surface area contributed by atoms with Gasteiger partial charge >= 0.3 is 12.1 Å². The minimum absolute atomic E-state index is 0.0483. The molecule has 0 fully saturated rings. The van der Waals surface area contributed by atoms with Crippen LogP contribution in [0.2, 0.25) is 0 Å². The highest BCUT2D eigenvalue weighted by Gasteiger charge is 2.39. The van der Waals surface area contributed by atoms with Crippen molar-refractivity contribution in [2.24, 2.45) is 0 Å². The Hall–Kier alpha value is -1.24. The van der Waals surface area contributed by atoms with E-state index in [2.05, 4.69) is 15.9 Å². The van der Waals surface area contributed by atoms with Crippen LogP contribution in [0.4, 0.5) is 13.2 Å². The van der Waals surface area contributed by atoms with Gasteiger partial charge in [-0.05, 0) is 33.6 Å². The highest BCUT2D eigenvalue weighted by molar-refractivity contribution is 9.10. The summed E-state index contributed by atoms with van der Waals surface area (Å²) < 4.78 is 44.7. The third-order valence-corrected chi connectivity index (χ3v) is 3.54. The molecule has 0 spiro atoms. The number of halogens is 4. The van der Waals surface area contributed by atoms with Gasteiger partial charge in [0.1, 0.15) is 5.75 Å². The van der Waals surface area contributed by atoms with Crippen LogP contribution in [-0.4, -0.2) is 18.2 Å². The van der Waals surface area contributed by atoms with E-state index in [1.165, 1.54) is 27.0 Å². The third-order valence-electron chi connectivity index (χ3n) is 2.92. The summed E-state index contributed by atoms with van der Waals surface area (Å²) in [6.07, 6.45) is -4.99. The van der Waals surface area contributed by atoms with Gasteiger partial charge in [-0.3, -0.25) is 4.79 Å². The van der Waals surface area contributed by atoms with Crippen LogP contribution in [0.3, 0.4) is 0 Å².